The van der Waals surface area contributed by atoms with Crippen LogP contribution in [0.4, 0.5) is 8.78 Å². The van der Waals surface area contributed by atoms with Gasteiger partial charge in [0.25, 0.3) is 0 Å². The van der Waals surface area contributed by atoms with Crippen LogP contribution in [-0.4, -0.2) is 14.6 Å². The number of benzene rings is 1. The molecule has 0 atom stereocenters. The molecule has 0 aliphatic carbocycles. The SMILES string of the molecule is Cc1cc(F)c(-c2cn3ncsc3n2)cc1F. The van der Waals surface area contributed by atoms with Crippen LogP contribution in [-0.2, 0) is 0 Å². The van der Waals surface area contributed by atoms with Gasteiger partial charge in [-0.15, -0.1) is 0 Å². The molecule has 1 aromatic carbocycles. The van der Waals surface area contributed by atoms with Crippen molar-refractivity contribution in [3.8, 4) is 11.3 Å². The Hall–Kier alpha value is -1.82. The predicted molar refractivity (Wildman–Crippen MR) is 61.0 cm³/mol. The Labute approximate surface area is 99.4 Å². The van der Waals surface area contributed by atoms with Gasteiger partial charge in [0.05, 0.1) is 11.9 Å². The lowest BCUT2D eigenvalue weighted by Gasteiger charge is -2.02. The molecular weight excluding hydrogens is 244 g/mol. The van der Waals surface area contributed by atoms with Crippen molar-refractivity contribution in [2.75, 3.05) is 0 Å². The molecule has 0 unspecified atom stereocenters. The molecule has 2 aromatic heterocycles. The Morgan fingerprint density at radius 2 is 2.06 bits per heavy atom. The second kappa shape index (κ2) is 3.59. The molecule has 0 N–H and O–H groups in total. The maximum atomic E-state index is 13.7. The number of imidazole rings is 1. The summed E-state index contributed by atoms with van der Waals surface area (Å²) in [5, 5.41) is 3.99. The third-order valence-electron chi connectivity index (χ3n) is 2.51. The molecule has 2 heterocycles. The van der Waals surface area contributed by atoms with Crippen LogP contribution in [0.1, 0.15) is 5.56 Å². The smallest absolute Gasteiger partial charge is 0.212 e. The summed E-state index contributed by atoms with van der Waals surface area (Å²) in [6, 6.07) is 2.34. The molecule has 0 fully saturated rings. The molecule has 0 radical (unpaired) electrons. The van der Waals surface area contributed by atoms with Gasteiger partial charge in [-0.3, -0.25) is 0 Å². The van der Waals surface area contributed by atoms with E-state index < -0.39 is 11.6 Å². The molecule has 3 rings (SSSR count). The van der Waals surface area contributed by atoms with Crippen molar-refractivity contribution in [1.82, 2.24) is 14.6 Å². The zero-order valence-corrected chi connectivity index (χ0v) is 9.63. The fourth-order valence-electron chi connectivity index (χ4n) is 1.61. The maximum Gasteiger partial charge on any atom is 0.212 e. The normalized spacial score (nSPS) is 11.2. The lowest BCUT2D eigenvalue weighted by molar-refractivity contribution is 0.595. The predicted octanol–water partition coefficient (Wildman–Crippen LogP) is 3.04. The molecular formula is C11H7F2N3S. The van der Waals surface area contributed by atoms with Gasteiger partial charge >= 0.3 is 0 Å². The van der Waals surface area contributed by atoms with Gasteiger partial charge in [0.15, 0.2) is 0 Å². The first-order chi connectivity index (χ1) is 8.15. The van der Waals surface area contributed by atoms with Crippen molar-refractivity contribution in [2.24, 2.45) is 0 Å². The first-order valence-corrected chi connectivity index (χ1v) is 5.78. The molecule has 0 bridgehead atoms. The van der Waals surface area contributed by atoms with Crippen LogP contribution in [0.3, 0.4) is 0 Å². The monoisotopic (exact) mass is 251 g/mol. The maximum absolute atomic E-state index is 13.7. The Morgan fingerprint density at radius 3 is 2.82 bits per heavy atom. The summed E-state index contributed by atoms with van der Waals surface area (Å²) >= 11 is 1.34. The number of fused-ring (bicyclic) bond motifs is 1. The molecule has 6 heteroatoms. The standard InChI is InChI=1S/C11H7F2N3S/c1-6-2-9(13)7(3-8(6)12)10-4-16-11(15-10)17-5-14-16/h2-5H,1H3. The summed E-state index contributed by atoms with van der Waals surface area (Å²) in [5.74, 6) is -0.916. The average molecular weight is 251 g/mol. The molecule has 86 valence electrons. The fraction of sp³-hybridized carbons (Fsp3) is 0.0909. The van der Waals surface area contributed by atoms with Crippen LogP contribution >= 0.6 is 11.3 Å². The summed E-state index contributed by atoms with van der Waals surface area (Å²) in [5.41, 5.74) is 2.47. The van der Waals surface area contributed by atoms with Crippen molar-refractivity contribution in [2.45, 2.75) is 6.92 Å². The van der Waals surface area contributed by atoms with Crippen LogP contribution < -0.4 is 0 Å². The molecule has 3 aromatic rings. The molecule has 0 aliphatic rings. The van der Waals surface area contributed by atoms with Crippen molar-refractivity contribution in [1.29, 1.82) is 0 Å². The topological polar surface area (TPSA) is 30.2 Å². The van der Waals surface area contributed by atoms with E-state index in [1.54, 1.807) is 11.7 Å². The van der Waals surface area contributed by atoms with Crippen LogP contribution in [0.2, 0.25) is 0 Å². The van der Waals surface area contributed by atoms with E-state index in [4.69, 9.17) is 0 Å². The first-order valence-electron chi connectivity index (χ1n) is 4.90. The van der Waals surface area contributed by atoms with E-state index in [1.165, 1.54) is 28.8 Å². The number of aryl methyl sites for hydroxylation is 1. The highest BCUT2D eigenvalue weighted by atomic mass is 32.1. The third-order valence-corrected chi connectivity index (χ3v) is 3.20. The molecule has 0 spiro atoms. The fourth-order valence-corrected chi connectivity index (χ4v) is 2.21. The van der Waals surface area contributed by atoms with Crippen LogP contribution in [0.25, 0.3) is 16.2 Å². The molecule has 0 amide bonds. The number of hydrogen-bond donors (Lipinski definition) is 0. The van der Waals surface area contributed by atoms with Crippen molar-refractivity contribution >= 4 is 16.3 Å². The summed E-state index contributed by atoms with van der Waals surface area (Å²) in [4.78, 5) is 4.84. The molecule has 3 nitrogen and oxygen atoms in total. The van der Waals surface area contributed by atoms with E-state index in [-0.39, 0.29) is 11.1 Å². The second-order valence-electron chi connectivity index (χ2n) is 3.67. The highest BCUT2D eigenvalue weighted by Crippen LogP contribution is 2.25. The minimum absolute atomic E-state index is 0.158. The summed E-state index contributed by atoms with van der Waals surface area (Å²) in [6.45, 7) is 1.52. The number of nitrogens with zero attached hydrogens (tertiary/aromatic N) is 3. The highest BCUT2D eigenvalue weighted by Gasteiger charge is 2.13. The zero-order chi connectivity index (χ0) is 12.0. The average Bonchev–Trinajstić information content (AvgIpc) is 2.83. The molecule has 0 saturated heterocycles. The van der Waals surface area contributed by atoms with Gasteiger partial charge in [-0.2, -0.15) is 5.10 Å². The minimum atomic E-state index is -0.477. The van der Waals surface area contributed by atoms with E-state index >= 15 is 0 Å². The summed E-state index contributed by atoms with van der Waals surface area (Å²) in [7, 11) is 0. The molecule has 0 aliphatic heterocycles. The van der Waals surface area contributed by atoms with Gasteiger partial charge in [0.1, 0.15) is 17.1 Å². The van der Waals surface area contributed by atoms with E-state index in [1.807, 2.05) is 0 Å². The van der Waals surface area contributed by atoms with Crippen LogP contribution in [0, 0.1) is 18.6 Å². The number of aromatic nitrogens is 3. The van der Waals surface area contributed by atoms with Crippen LogP contribution in [0.15, 0.2) is 23.8 Å². The lowest BCUT2D eigenvalue weighted by Crippen LogP contribution is -1.90. The number of rotatable bonds is 1. The largest absolute Gasteiger partial charge is 0.217 e. The van der Waals surface area contributed by atoms with Gasteiger partial charge in [-0.25, -0.2) is 18.3 Å². The molecule has 17 heavy (non-hydrogen) atoms. The second-order valence-corrected chi connectivity index (χ2v) is 4.48. The van der Waals surface area contributed by atoms with Gasteiger partial charge < -0.3 is 0 Å². The Balaban J connectivity index is 2.21. The van der Waals surface area contributed by atoms with Gasteiger partial charge in [0, 0.05) is 5.56 Å². The van der Waals surface area contributed by atoms with Crippen molar-refractivity contribution < 1.29 is 8.78 Å². The quantitative estimate of drug-likeness (QED) is 0.665. The number of hydrogen-bond acceptors (Lipinski definition) is 3. The summed E-state index contributed by atoms with van der Waals surface area (Å²) in [6.07, 6.45) is 1.58. The number of halogens is 2. The molecule has 0 saturated carbocycles. The Morgan fingerprint density at radius 1 is 1.24 bits per heavy atom. The first kappa shape index (κ1) is 10.3. The van der Waals surface area contributed by atoms with Crippen molar-refractivity contribution in [3.05, 3.63) is 41.0 Å². The Kier molecular flexibility index (Phi) is 2.19. The zero-order valence-electron chi connectivity index (χ0n) is 8.82. The van der Waals surface area contributed by atoms with E-state index in [0.29, 0.717) is 10.7 Å². The van der Waals surface area contributed by atoms with Crippen LogP contribution in [0.5, 0.6) is 0 Å². The van der Waals surface area contributed by atoms with E-state index in [2.05, 4.69) is 10.1 Å². The Bertz CT molecular complexity index is 673. The van der Waals surface area contributed by atoms with Crippen molar-refractivity contribution in [3.63, 3.8) is 0 Å². The lowest BCUT2D eigenvalue weighted by atomic mass is 10.1. The third kappa shape index (κ3) is 1.61. The van der Waals surface area contributed by atoms with Gasteiger partial charge in [-0.1, -0.05) is 11.3 Å². The van der Waals surface area contributed by atoms with Gasteiger partial charge in [0.2, 0.25) is 4.96 Å². The van der Waals surface area contributed by atoms with E-state index in [0.717, 1.165) is 6.07 Å². The van der Waals surface area contributed by atoms with Gasteiger partial charge in [-0.05, 0) is 24.6 Å². The summed E-state index contributed by atoms with van der Waals surface area (Å²) < 4.78 is 28.7. The minimum Gasteiger partial charge on any atom is -0.217 e. The highest BCUT2D eigenvalue weighted by molar-refractivity contribution is 7.14. The van der Waals surface area contributed by atoms with E-state index in [9.17, 15) is 8.78 Å².